The van der Waals surface area contributed by atoms with E-state index < -0.39 is 6.10 Å². The van der Waals surface area contributed by atoms with Crippen LogP contribution < -0.4 is 5.69 Å². The third kappa shape index (κ3) is 3.35. The standard InChI is InChI=1S/C14H16N4O2S/c1-3-6-18-13(20)16-17-14(18)21-12-7-10(8-15)4-5-11(12)9(2)19/h4-5,7,9,19H,3,6H2,1-2H3,(H,16,20)/t9-/m1/s1. The molecule has 0 saturated heterocycles. The highest BCUT2D eigenvalue weighted by Gasteiger charge is 2.15. The van der Waals surface area contributed by atoms with Gasteiger partial charge in [0.05, 0.1) is 17.7 Å². The minimum absolute atomic E-state index is 0.255. The molecule has 0 unspecified atom stereocenters. The number of rotatable bonds is 5. The third-order valence-electron chi connectivity index (χ3n) is 2.96. The van der Waals surface area contributed by atoms with Gasteiger partial charge in [-0.2, -0.15) is 5.26 Å². The Bertz CT molecular complexity index is 727. The summed E-state index contributed by atoms with van der Waals surface area (Å²) in [6.45, 7) is 4.21. The number of nitriles is 1. The van der Waals surface area contributed by atoms with Crippen molar-refractivity contribution in [2.24, 2.45) is 0 Å². The largest absolute Gasteiger partial charge is 0.389 e. The van der Waals surface area contributed by atoms with Crippen LogP contribution in [0.4, 0.5) is 0 Å². The average Bonchev–Trinajstić information content (AvgIpc) is 2.80. The predicted molar refractivity (Wildman–Crippen MR) is 79.1 cm³/mol. The van der Waals surface area contributed by atoms with Gasteiger partial charge in [0.15, 0.2) is 5.16 Å². The van der Waals surface area contributed by atoms with Crippen LogP contribution in [-0.2, 0) is 6.54 Å². The van der Waals surface area contributed by atoms with Crippen molar-refractivity contribution in [2.75, 3.05) is 0 Å². The lowest BCUT2D eigenvalue weighted by atomic mass is 10.1. The number of aromatic amines is 1. The fraction of sp³-hybridized carbons (Fsp3) is 0.357. The molecule has 0 amide bonds. The summed E-state index contributed by atoms with van der Waals surface area (Å²) < 4.78 is 1.55. The Labute approximate surface area is 126 Å². The zero-order chi connectivity index (χ0) is 15.4. The van der Waals surface area contributed by atoms with E-state index in [0.717, 1.165) is 11.3 Å². The summed E-state index contributed by atoms with van der Waals surface area (Å²) in [5.74, 6) is 0. The molecule has 0 spiro atoms. The van der Waals surface area contributed by atoms with Crippen molar-refractivity contribution in [3.63, 3.8) is 0 Å². The minimum Gasteiger partial charge on any atom is -0.389 e. The summed E-state index contributed by atoms with van der Waals surface area (Å²) in [5.41, 5.74) is 0.953. The first-order chi connectivity index (χ1) is 10.1. The smallest absolute Gasteiger partial charge is 0.343 e. The van der Waals surface area contributed by atoms with E-state index in [1.165, 1.54) is 11.8 Å². The minimum atomic E-state index is -0.662. The molecule has 1 aromatic heterocycles. The van der Waals surface area contributed by atoms with Gasteiger partial charge in [-0.1, -0.05) is 13.0 Å². The van der Waals surface area contributed by atoms with E-state index in [9.17, 15) is 9.90 Å². The SMILES string of the molecule is CCCn1c(Sc2cc(C#N)ccc2[C@@H](C)O)n[nH]c1=O. The molecule has 0 bridgehead atoms. The monoisotopic (exact) mass is 304 g/mol. The highest BCUT2D eigenvalue weighted by Crippen LogP contribution is 2.32. The van der Waals surface area contributed by atoms with Crippen molar-refractivity contribution in [2.45, 2.75) is 43.0 Å². The van der Waals surface area contributed by atoms with E-state index >= 15 is 0 Å². The highest BCUT2D eigenvalue weighted by molar-refractivity contribution is 7.99. The van der Waals surface area contributed by atoms with E-state index in [4.69, 9.17) is 5.26 Å². The molecule has 1 heterocycles. The van der Waals surface area contributed by atoms with Gasteiger partial charge in [0.1, 0.15) is 0 Å². The van der Waals surface area contributed by atoms with Crippen LogP contribution >= 0.6 is 11.8 Å². The lowest BCUT2D eigenvalue weighted by Crippen LogP contribution is -2.17. The molecule has 21 heavy (non-hydrogen) atoms. The molecule has 0 aliphatic carbocycles. The van der Waals surface area contributed by atoms with Crippen LogP contribution in [0.1, 0.15) is 37.5 Å². The van der Waals surface area contributed by atoms with Crippen molar-refractivity contribution in [1.29, 1.82) is 5.26 Å². The van der Waals surface area contributed by atoms with Gasteiger partial charge in [-0.15, -0.1) is 5.10 Å². The average molecular weight is 304 g/mol. The molecule has 0 fully saturated rings. The quantitative estimate of drug-likeness (QED) is 0.881. The number of nitrogens with one attached hydrogen (secondary N) is 1. The molecular weight excluding hydrogens is 288 g/mol. The first kappa shape index (κ1) is 15.4. The Kier molecular flexibility index (Phi) is 4.83. The van der Waals surface area contributed by atoms with Crippen molar-refractivity contribution in [1.82, 2.24) is 14.8 Å². The maximum absolute atomic E-state index is 11.7. The van der Waals surface area contributed by atoms with E-state index in [1.54, 1.807) is 29.7 Å². The second-order valence-electron chi connectivity index (χ2n) is 4.61. The number of aromatic nitrogens is 3. The van der Waals surface area contributed by atoms with Crippen LogP contribution in [0.15, 0.2) is 33.0 Å². The van der Waals surface area contributed by atoms with Gasteiger partial charge in [0.25, 0.3) is 0 Å². The Morgan fingerprint density at radius 1 is 1.57 bits per heavy atom. The summed E-state index contributed by atoms with van der Waals surface area (Å²) in [6.07, 6.45) is 0.152. The topological polar surface area (TPSA) is 94.7 Å². The fourth-order valence-electron chi connectivity index (χ4n) is 1.94. The lowest BCUT2D eigenvalue weighted by molar-refractivity contribution is 0.196. The number of hydrogen-bond acceptors (Lipinski definition) is 5. The molecule has 0 radical (unpaired) electrons. The van der Waals surface area contributed by atoms with Crippen molar-refractivity contribution < 1.29 is 5.11 Å². The van der Waals surface area contributed by atoms with Gasteiger partial charge in [-0.05, 0) is 42.8 Å². The van der Waals surface area contributed by atoms with Crippen LogP contribution in [0.25, 0.3) is 0 Å². The molecule has 0 aliphatic rings. The van der Waals surface area contributed by atoms with Crippen molar-refractivity contribution >= 4 is 11.8 Å². The third-order valence-corrected chi connectivity index (χ3v) is 4.03. The first-order valence-corrected chi connectivity index (χ1v) is 7.43. The van der Waals surface area contributed by atoms with Gasteiger partial charge in [-0.25, -0.2) is 9.89 Å². The molecule has 2 N–H and O–H groups in total. The van der Waals surface area contributed by atoms with Gasteiger partial charge < -0.3 is 5.11 Å². The van der Waals surface area contributed by atoms with Crippen LogP contribution in [0.3, 0.4) is 0 Å². The molecule has 2 aromatic rings. The Balaban J connectivity index is 2.43. The number of hydrogen-bond donors (Lipinski definition) is 2. The summed E-state index contributed by atoms with van der Waals surface area (Å²) in [4.78, 5) is 12.4. The molecular formula is C14H16N4O2S. The van der Waals surface area contributed by atoms with Crippen LogP contribution in [0.2, 0.25) is 0 Å². The second-order valence-corrected chi connectivity index (χ2v) is 5.61. The van der Waals surface area contributed by atoms with E-state index in [0.29, 0.717) is 22.8 Å². The number of nitrogens with zero attached hydrogens (tertiary/aromatic N) is 3. The Morgan fingerprint density at radius 2 is 2.33 bits per heavy atom. The highest BCUT2D eigenvalue weighted by atomic mass is 32.2. The van der Waals surface area contributed by atoms with E-state index in [2.05, 4.69) is 16.3 Å². The first-order valence-electron chi connectivity index (χ1n) is 6.62. The van der Waals surface area contributed by atoms with Gasteiger partial charge in [0.2, 0.25) is 0 Å². The molecule has 1 atom stereocenters. The number of aliphatic hydroxyl groups excluding tert-OH is 1. The zero-order valence-electron chi connectivity index (χ0n) is 11.8. The molecule has 7 heteroatoms. The summed E-state index contributed by atoms with van der Waals surface area (Å²) in [6, 6.07) is 7.15. The maximum Gasteiger partial charge on any atom is 0.343 e. The maximum atomic E-state index is 11.7. The number of aliphatic hydroxyl groups is 1. The predicted octanol–water partition coefficient (Wildman–Crippen LogP) is 2.06. The summed E-state index contributed by atoms with van der Waals surface area (Å²) >= 11 is 1.27. The van der Waals surface area contributed by atoms with Crippen LogP contribution in [0.5, 0.6) is 0 Å². The fourth-order valence-corrected chi connectivity index (χ4v) is 3.05. The van der Waals surface area contributed by atoms with Crippen molar-refractivity contribution in [3.05, 3.63) is 39.8 Å². The Morgan fingerprint density at radius 3 is 2.95 bits per heavy atom. The molecule has 0 aliphatic heterocycles. The molecule has 1 aromatic carbocycles. The van der Waals surface area contributed by atoms with E-state index in [1.807, 2.05) is 6.92 Å². The van der Waals surface area contributed by atoms with Gasteiger partial charge in [-0.3, -0.25) is 4.57 Å². The number of benzene rings is 1. The van der Waals surface area contributed by atoms with Gasteiger partial charge in [0, 0.05) is 11.4 Å². The molecule has 110 valence electrons. The second kappa shape index (κ2) is 6.61. The number of H-pyrrole nitrogens is 1. The van der Waals surface area contributed by atoms with Gasteiger partial charge >= 0.3 is 5.69 Å². The van der Waals surface area contributed by atoms with Crippen LogP contribution in [-0.4, -0.2) is 19.9 Å². The summed E-state index contributed by atoms with van der Waals surface area (Å²) in [7, 11) is 0. The van der Waals surface area contributed by atoms with Crippen LogP contribution in [0, 0.1) is 11.3 Å². The zero-order valence-corrected chi connectivity index (χ0v) is 12.6. The molecule has 6 nitrogen and oxygen atoms in total. The summed E-state index contributed by atoms with van der Waals surface area (Å²) in [5, 5.41) is 25.8. The molecule has 0 saturated carbocycles. The Hall–Kier alpha value is -2.04. The molecule has 2 rings (SSSR count). The normalized spacial score (nSPS) is 12.1. The van der Waals surface area contributed by atoms with Crippen molar-refractivity contribution in [3.8, 4) is 6.07 Å². The van der Waals surface area contributed by atoms with E-state index in [-0.39, 0.29) is 5.69 Å². The lowest BCUT2D eigenvalue weighted by Gasteiger charge is -2.11.